The Bertz CT molecular complexity index is 939. The lowest BCUT2D eigenvalue weighted by Gasteiger charge is -2.48. The first kappa shape index (κ1) is 26.2. The molecule has 184 valence electrons. The normalized spacial score (nSPS) is 19.6. The van der Waals surface area contributed by atoms with E-state index in [1.165, 1.54) is 0 Å². The second-order valence-corrected chi connectivity index (χ2v) is 15.5. The Balaban J connectivity index is 2.09. The molecule has 6 heteroatoms. The summed E-state index contributed by atoms with van der Waals surface area (Å²) in [6.07, 6.45) is -0.201. The van der Waals surface area contributed by atoms with Crippen LogP contribution in [0.25, 0.3) is 0 Å². The van der Waals surface area contributed by atoms with Gasteiger partial charge in [-0.15, -0.1) is 0 Å². The van der Waals surface area contributed by atoms with Gasteiger partial charge in [0.1, 0.15) is 11.4 Å². The Morgan fingerprint density at radius 2 is 1.38 bits per heavy atom. The van der Waals surface area contributed by atoms with Crippen LogP contribution in [-0.4, -0.2) is 49.9 Å². The van der Waals surface area contributed by atoms with Crippen LogP contribution in [0.4, 0.5) is 4.79 Å². The lowest BCUT2D eigenvalue weighted by Crippen LogP contribution is -2.69. The number of rotatable bonds is 5. The number of nitrogens with zero attached hydrogens (tertiary/aromatic N) is 1. The van der Waals surface area contributed by atoms with E-state index in [1.54, 1.807) is 11.8 Å². The number of hydrogen-bond donors (Lipinski definition) is 0. The van der Waals surface area contributed by atoms with Gasteiger partial charge in [0.15, 0.2) is 0 Å². The molecule has 0 saturated carbocycles. The van der Waals surface area contributed by atoms with Gasteiger partial charge in [-0.25, -0.2) is 4.79 Å². The second kappa shape index (κ2) is 10.0. The molecule has 1 heterocycles. The van der Waals surface area contributed by atoms with Crippen LogP contribution in [0.2, 0.25) is 5.04 Å². The highest BCUT2D eigenvalue weighted by Crippen LogP contribution is 2.39. The van der Waals surface area contributed by atoms with E-state index in [1.807, 2.05) is 57.2 Å². The van der Waals surface area contributed by atoms with E-state index in [2.05, 4.69) is 45.0 Å². The van der Waals surface area contributed by atoms with Gasteiger partial charge in [0.25, 0.3) is 8.32 Å². The van der Waals surface area contributed by atoms with E-state index in [-0.39, 0.29) is 22.8 Å². The first-order valence-corrected chi connectivity index (χ1v) is 14.0. The molecule has 0 aromatic heterocycles. The van der Waals surface area contributed by atoms with Crippen molar-refractivity contribution >= 4 is 30.6 Å². The van der Waals surface area contributed by atoms with Crippen LogP contribution in [-0.2, 0) is 14.0 Å². The van der Waals surface area contributed by atoms with Gasteiger partial charge < -0.3 is 14.1 Å². The molecule has 0 N–H and O–H groups in total. The van der Waals surface area contributed by atoms with Crippen LogP contribution in [0, 0.1) is 5.92 Å². The Labute approximate surface area is 205 Å². The molecule has 2 aromatic rings. The minimum Gasteiger partial charge on any atom is -0.444 e. The third-order valence-corrected chi connectivity index (χ3v) is 11.5. The molecule has 34 heavy (non-hydrogen) atoms. The van der Waals surface area contributed by atoms with Gasteiger partial charge in [0.05, 0.1) is 6.10 Å². The summed E-state index contributed by atoms with van der Waals surface area (Å²) in [6.45, 7) is 14.7. The van der Waals surface area contributed by atoms with Crippen molar-refractivity contribution in [1.29, 1.82) is 0 Å². The highest BCUT2D eigenvalue weighted by molar-refractivity contribution is 6.99. The molecule has 1 aliphatic rings. The molecule has 0 spiro atoms. The fourth-order valence-electron chi connectivity index (χ4n) is 4.91. The van der Waals surface area contributed by atoms with Crippen molar-refractivity contribution in [3.05, 3.63) is 60.7 Å². The molecule has 1 saturated heterocycles. The first-order valence-electron chi connectivity index (χ1n) is 12.1. The van der Waals surface area contributed by atoms with Crippen molar-refractivity contribution in [3.63, 3.8) is 0 Å². The highest BCUT2D eigenvalue weighted by atomic mass is 28.4. The smallest absolute Gasteiger partial charge is 0.410 e. The third-order valence-electron chi connectivity index (χ3n) is 6.48. The van der Waals surface area contributed by atoms with Crippen molar-refractivity contribution in [1.82, 2.24) is 4.90 Å². The Morgan fingerprint density at radius 1 is 0.882 bits per heavy atom. The largest absolute Gasteiger partial charge is 0.444 e. The maximum absolute atomic E-state index is 12.9. The number of hydrogen-bond acceptors (Lipinski definition) is 4. The SMILES string of the molecule is CC(=O)C1CCN(C(=O)OC(C)(C)C)CC1O[Si](c1ccccc1)(c1ccccc1)C(C)(C)C. The Hall–Kier alpha value is -2.44. The molecule has 1 fully saturated rings. The Kier molecular flexibility index (Phi) is 7.73. The summed E-state index contributed by atoms with van der Waals surface area (Å²) >= 11 is 0. The minimum atomic E-state index is -2.87. The van der Waals surface area contributed by atoms with Gasteiger partial charge in [-0.2, -0.15) is 0 Å². The van der Waals surface area contributed by atoms with Crippen molar-refractivity contribution in [2.45, 2.75) is 71.6 Å². The lowest BCUT2D eigenvalue weighted by molar-refractivity contribution is -0.126. The monoisotopic (exact) mass is 481 g/mol. The summed E-state index contributed by atoms with van der Waals surface area (Å²) in [5.74, 6) is -0.160. The lowest BCUT2D eigenvalue weighted by atomic mass is 9.91. The molecule has 0 aliphatic carbocycles. The van der Waals surface area contributed by atoms with E-state index in [0.717, 1.165) is 10.4 Å². The number of amides is 1. The molecule has 2 unspecified atom stereocenters. The van der Waals surface area contributed by atoms with Gasteiger partial charge in [-0.1, -0.05) is 81.4 Å². The van der Waals surface area contributed by atoms with Crippen LogP contribution in [0.5, 0.6) is 0 Å². The van der Waals surface area contributed by atoms with Gasteiger partial charge in [0, 0.05) is 19.0 Å². The van der Waals surface area contributed by atoms with E-state index in [9.17, 15) is 9.59 Å². The summed E-state index contributed by atoms with van der Waals surface area (Å²) in [6, 6.07) is 20.8. The molecule has 2 aromatic carbocycles. The predicted molar refractivity (Wildman–Crippen MR) is 139 cm³/mol. The molecule has 0 radical (unpaired) electrons. The summed E-state index contributed by atoms with van der Waals surface area (Å²) in [5, 5.41) is 2.10. The second-order valence-electron chi connectivity index (χ2n) is 11.3. The number of benzene rings is 2. The number of carbonyl (C=O) groups excluding carboxylic acids is 2. The molecule has 0 bridgehead atoms. The summed E-state index contributed by atoms with van der Waals surface area (Å²) in [5.41, 5.74) is -0.580. The molecular weight excluding hydrogens is 442 g/mol. The zero-order valence-electron chi connectivity index (χ0n) is 21.6. The van der Waals surface area contributed by atoms with Crippen LogP contribution in [0.3, 0.4) is 0 Å². The zero-order valence-corrected chi connectivity index (χ0v) is 22.6. The third kappa shape index (κ3) is 5.61. The van der Waals surface area contributed by atoms with Crippen LogP contribution in [0.1, 0.15) is 54.9 Å². The maximum Gasteiger partial charge on any atom is 0.410 e. The summed E-state index contributed by atoms with van der Waals surface area (Å²) in [4.78, 5) is 27.3. The van der Waals surface area contributed by atoms with Crippen molar-refractivity contribution < 1.29 is 18.8 Å². The van der Waals surface area contributed by atoms with E-state index in [0.29, 0.717) is 19.5 Å². The molecule has 1 amide bonds. The van der Waals surface area contributed by atoms with Crippen molar-refractivity contribution in [2.24, 2.45) is 5.92 Å². The summed E-state index contributed by atoms with van der Waals surface area (Å²) < 4.78 is 12.9. The average Bonchev–Trinajstić information content (AvgIpc) is 2.76. The molecule has 3 rings (SSSR count). The zero-order chi connectivity index (χ0) is 25.1. The topological polar surface area (TPSA) is 55.8 Å². The number of Topliss-reactive ketones (excluding diaryl/α,β-unsaturated/α-hetero) is 1. The summed E-state index contributed by atoms with van der Waals surface area (Å²) in [7, 11) is -2.87. The average molecular weight is 482 g/mol. The fraction of sp³-hybridized carbons (Fsp3) is 0.500. The van der Waals surface area contributed by atoms with Gasteiger partial charge >= 0.3 is 6.09 Å². The van der Waals surface area contributed by atoms with E-state index < -0.39 is 20.0 Å². The number of piperidine rings is 1. The van der Waals surface area contributed by atoms with Crippen LogP contribution < -0.4 is 10.4 Å². The first-order chi connectivity index (χ1) is 15.8. The quantitative estimate of drug-likeness (QED) is 0.577. The van der Waals surface area contributed by atoms with Gasteiger partial charge in [-0.05, 0) is 49.5 Å². The maximum atomic E-state index is 12.9. The van der Waals surface area contributed by atoms with Gasteiger partial charge in [0.2, 0.25) is 0 Å². The standard InChI is InChI=1S/C28H39NO4Si/c1-21(30)24-18-19-29(26(31)32-27(2,3)4)20-25(24)33-34(28(5,6)7,22-14-10-8-11-15-22)23-16-12-9-13-17-23/h8-17,24-25H,18-20H2,1-7H3. The molecular formula is C28H39NO4Si. The Morgan fingerprint density at radius 3 is 1.79 bits per heavy atom. The number of ether oxygens (including phenoxy) is 1. The number of carbonyl (C=O) groups is 2. The van der Waals surface area contributed by atoms with Gasteiger partial charge in [-0.3, -0.25) is 4.79 Å². The molecule has 2 atom stereocenters. The van der Waals surface area contributed by atoms with E-state index in [4.69, 9.17) is 9.16 Å². The highest BCUT2D eigenvalue weighted by Gasteiger charge is 2.53. The van der Waals surface area contributed by atoms with Crippen LogP contribution in [0.15, 0.2) is 60.7 Å². The molecule has 1 aliphatic heterocycles. The molecule has 5 nitrogen and oxygen atoms in total. The number of ketones is 1. The number of likely N-dealkylation sites (tertiary alicyclic amines) is 1. The predicted octanol–water partition coefficient (Wildman–Crippen LogP) is 4.78. The van der Waals surface area contributed by atoms with Crippen LogP contribution >= 0.6 is 0 Å². The minimum absolute atomic E-state index is 0.103. The fourth-order valence-corrected chi connectivity index (χ4v) is 9.62. The van der Waals surface area contributed by atoms with Crippen molar-refractivity contribution in [2.75, 3.05) is 13.1 Å². The van der Waals surface area contributed by atoms with E-state index >= 15 is 0 Å². The van der Waals surface area contributed by atoms with Crippen molar-refractivity contribution in [3.8, 4) is 0 Å².